The fraction of sp³-hybridized carbons (Fsp3) is 0.364. The van der Waals surface area contributed by atoms with E-state index in [9.17, 15) is 4.79 Å². The van der Waals surface area contributed by atoms with Gasteiger partial charge in [-0.1, -0.05) is 65.8 Å². The van der Waals surface area contributed by atoms with Crippen LogP contribution < -0.4 is 5.32 Å². The van der Waals surface area contributed by atoms with Crippen LogP contribution >= 0.6 is 0 Å². The van der Waals surface area contributed by atoms with E-state index in [0.717, 1.165) is 29.7 Å². The summed E-state index contributed by atoms with van der Waals surface area (Å²) < 4.78 is 5.10. The molecule has 1 aliphatic rings. The topological polar surface area (TPSA) is 59.9 Å². The molecule has 0 unspecified atom stereocenters. The number of nitrogens with one attached hydrogen (secondary N) is 1. The molecule has 1 fully saturated rings. The van der Waals surface area contributed by atoms with Crippen LogP contribution in [0, 0.1) is 5.92 Å². The second-order valence-corrected chi connectivity index (χ2v) is 6.60. The molecule has 0 amide bonds. The molecule has 0 spiro atoms. The maximum Gasteiger partial charge on any atom is 0.310 e. The van der Waals surface area contributed by atoms with Gasteiger partial charge in [-0.15, -0.1) is 0 Å². The number of hydrogen-bond donors (Lipinski definition) is 1. The first-order chi connectivity index (χ1) is 13.3. The van der Waals surface area contributed by atoms with Crippen molar-refractivity contribution >= 4 is 11.7 Å². The number of benzene rings is 2. The van der Waals surface area contributed by atoms with Crippen LogP contribution in [0.1, 0.15) is 30.9 Å². The summed E-state index contributed by atoms with van der Waals surface area (Å²) in [6, 6.07) is 20.2. The first kappa shape index (κ1) is 19.1. The van der Waals surface area contributed by atoms with Crippen molar-refractivity contribution in [3.63, 3.8) is 0 Å². The summed E-state index contributed by atoms with van der Waals surface area (Å²) in [4.78, 5) is 17.5. The standard InChI is InChI=1S/C22H26N2O3/c1-2-26-22(25)19-13-14-20(23-15-19)16-27-24-21(17-9-5-3-6-10-17)18-11-7-4-8-12-18/h3-12,19-20,23H,2,13-16H2,1H3/t19-,20-/m1/s1. The molecule has 5 heteroatoms. The van der Waals surface area contributed by atoms with Crippen LogP contribution in [0.3, 0.4) is 0 Å². The van der Waals surface area contributed by atoms with Gasteiger partial charge in [0.1, 0.15) is 12.3 Å². The van der Waals surface area contributed by atoms with Gasteiger partial charge in [0.05, 0.1) is 12.5 Å². The Labute approximate surface area is 160 Å². The molecule has 5 nitrogen and oxygen atoms in total. The molecule has 0 radical (unpaired) electrons. The van der Waals surface area contributed by atoms with Gasteiger partial charge >= 0.3 is 5.97 Å². The molecule has 0 aliphatic carbocycles. The monoisotopic (exact) mass is 366 g/mol. The highest BCUT2D eigenvalue weighted by Crippen LogP contribution is 2.17. The lowest BCUT2D eigenvalue weighted by atomic mass is 9.95. The molecule has 2 atom stereocenters. The van der Waals surface area contributed by atoms with Gasteiger partial charge in [-0.25, -0.2) is 0 Å². The van der Waals surface area contributed by atoms with Crippen molar-refractivity contribution in [1.29, 1.82) is 0 Å². The van der Waals surface area contributed by atoms with E-state index in [1.807, 2.05) is 67.6 Å². The highest BCUT2D eigenvalue weighted by molar-refractivity contribution is 6.12. The first-order valence-electron chi connectivity index (χ1n) is 9.48. The molecule has 1 N–H and O–H groups in total. The van der Waals surface area contributed by atoms with Crippen LogP contribution in [0.5, 0.6) is 0 Å². The van der Waals surface area contributed by atoms with Crippen molar-refractivity contribution in [2.45, 2.75) is 25.8 Å². The zero-order valence-corrected chi connectivity index (χ0v) is 15.6. The molecule has 1 saturated heterocycles. The quantitative estimate of drug-likeness (QED) is 0.464. The van der Waals surface area contributed by atoms with Crippen LogP contribution in [-0.4, -0.2) is 37.5 Å². The number of ether oxygens (including phenoxy) is 1. The molecule has 0 saturated carbocycles. The van der Waals surface area contributed by atoms with E-state index in [2.05, 4.69) is 10.5 Å². The van der Waals surface area contributed by atoms with Crippen molar-refractivity contribution in [3.8, 4) is 0 Å². The average Bonchev–Trinajstić information content (AvgIpc) is 2.73. The fourth-order valence-electron chi connectivity index (χ4n) is 3.17. The Bertz CT molecular complexity index is 697. The van der Waals surface area contributed by atoms with Crippen LogP contribution in [-0.2, 0) is 14.4 Å². The van der Waals surface area contributed by atoms with Crippen molar-refractivity contribution in [2.24, 2.45) is 11.1 Å². The number of carbonyl (C=O) groups is 1. The van der Waals surface area contributed by atoms with Crippen LogP contribution in [0.2, 0.25) is 0 Å². The lowest BCUT2D eigenvalue weighted by molar-refractivity contribution is -0.148. The number of oxime groups is 1. The smallest absolute Gasteiger partial charge is 0.310 e. The molecule has 27 heavy (non-hydrogen) atoms. The molecule has 3 rings (SSSR count). The first-order valence-corrected chi connectivity index (χ1v) is 9.48. The van der Waals surface area contributed by atoms with E-state index in [4.69, 9.17) is 9.57 Å². The maximum absolute atomic E-state index is 11.8. The van der Waals surface area contributed by atoms with E-state index in [0.29, 0.717) is 19.8 Å². The van der Waals surface area contributed by atoms with E-state index >= 15 is 0 Å². The van der Waals surface area contributed by atoms with Crippen LogP contribution in [0.25, 0.3) is 0 Å². The van der Waals surface area contributed by atoms with Gasteiger partial charge in [0.2, 0.25) is 0 Å². The summed E-state index contributed by atoms with van der Waals surface area (Å²) in [5.74, 6) is -0.174. The van der Waals surface area contributed by atoms with Crippen LogP contribution in [0.4, 0.5) is 0 Å². The largest absolute Gasteiger partial charge is 0.466 e. The number of piperidine rings is 1. The normalized spacial score (nSPS) is 19.1. The van der Waals surface area contributed by atoms with Gasteiger partial charge in [0.15, 0.2) is 0 Å². The third-order valence-corrected chi connectivity index (χ3v) is 4.66. The van der Waals surface area contributed by atoms with E-state index < -0.39 is 0 Å². The minimum Gasteiger partial charge on any atom is -0.466 e. The van der Waals surface area contributed by atoms with Gasteiger partial charge in [-0.3, -0.25) is 4.79 Å². The highest BCUT2D eigenvalue weighted by atomic mass is 16.6. The van der Waals surface area contributed by atoms with E-state index in [1.165, 1.54) is 0 Å². The average molecular weight is 366 g/mol. The predicted octanol–water partition coefficient (Wildman–Crippen LogP) is 3.39. The lowest BCUT2D eigenvalue weighted by Gasteiger charge is -2.27. The number of rotatable bonds is 7. The molecule has 2 aromatic rings. The molecule has 2 aromatic carbocycles. The molecular formula is C22H26N2O3. The second kappa shape index (κ2) is 9.88. The van der Waals surface area contributed by atoms with E-state index in [1.54, 1.807) is 0 Å². The van der Waals surface area contributed by atoms with Crippen molar-refractivity contribution < 1.29 is 14.4 Å². The minimum absolute atomic E-state index is 0.0612. The van der Waals surface area contributed by atoms with Crippen molar-refractivity contribution in [1.82, 2.24) is 5.32 Å². The van der Waals surface area contributed by atoms with Crippen molar-refractivity contribution in [3.05, 3.63) is 71.8 Å². The summed E-state index contributed by atoms with van der Waals surface area (Å²) in [5.41, 5.74) is 2.85. The summed E-state index contributed by atoms with van der Waals surface area (Å²) in [6.45, 7) is 3.36. The number of esters is 1. The maximum atomic E-state index is 11.8. The Hall–Kier alpha value is -2.66. The number of hydrogen-bond acceptors (Lipinski definition) is 5. The zero-order chi connectivity index (χ0) is 18.9. The Kier molecular flexibility index (Phi) is 6.99. The zero-order valence-electron chi connectivity index (χ0n) is 15.6. The second-order valence-electron chi connectivity index (χ2n) is 6.60. The summed E-state index contributed by atoms with van der Waals surface area (Å²) in [6.07, 6.45) is 1.68. The van der Waals surface area contributed by atoms with Crippen molar-refractivity contribution in [2.75, 3.05) is 19.8 Å². The molecule has 1 heterocycles. The summed E-state index contributed by atoms with van der Waals surface area (Å²) in [5, 5.41) is 7.79. The molecule has 0 bridgehead atoms. The molecule has 142 valence electrons. The Balaban J connectivity index is 1.59. The van der Waals surface area contributed by atoms with Gasteiger partial charge in [-0.05, 0) is 19.8 Å². The Morgan fingerprint density at radius 3 is 2.19 bits per heavy atom. The number of carbonyl (C=O) groups excluding carboxylic acids is 1. The Morgan fingerprint density at radius 2 is 1.67 bits per heavy atom. The van der Waals surface area contributed by atoms with Gasteiger partial charge in [0, 0.05) is 23.7 Å². The predicted molar refractivity (Wildman–Crippen MR) is 106 cm³/mol. The van der Waals surface area contributed by atoms with Gasteiger partial charge < -0.3 is 14.9 Å². The van der Waals surface area contributed by atoms with Crippen LogP contribution in [0.15, 0.2) is 65.8 Å². The van der Waals surface area contributed by atoms with Gasteiger partial charge in [-0.2, -0.15) is 0 Å². The minimum atomic E-state index is -0.113. The number of nitrogens with zero attached hydrogens (tertiary/aromatic N) is 1. The molecular weight excluding hydrogens is 340 g/mol. The lowest BCUT2D eigenvalue weighted by Crippen LogP contribution is -2.44. The third kappa shape index (κ3) is 5.41. The van der Waals surface area contributed by atoms with Gasteiger partial charge in [0.25, 0.3) is 0 Å². The third-order valence-electron chi connectivity index (χ3n) is 4.66. The highest BCUT2D eigenvalue weighted by Gasteiger charge is 2.27. The van der Waals surface area contributed by atoms with E-state index in [-0.39, 0.29) is 17.9 Å². The summed E-state index contributed by atoms with van der Waals surface area (Å²) in [7, 11) is 0. The molecule has 1 aliphatic heterocycles. The Morgan fingerprint density at radius 1 is 1.04 bits per heavy atom. The summed E-state index contributed by atoms with van der Waals surface area (Å²) >= 11 is 0. The molecule has 0 aromatic heterocycles. The SMILES string of the molecule is CCOC(=O)[C@@H]1CC[C@H](CON=C(c2ccccc2)c2ccccc2)NC1. The fourth-order valence-corrected chi connectivity index (χ4v) is 3.17.